The van der Waals surface area contributed by atoms with Gasteiger partial charge in [0.25, 0.3) is 5.91 Å². The minimum atomic E-state index is -0.494. The Balaban J connectivity index is 2.17. The smallest absolute Gasteiger partial charge is 0.340 e. The molecule has 20 heavy (non-hydrogen) atoms. The van der Waals surface area contributed by atoms with Crippen LogP contribution in [0.5, 0.6) is 0 Å². The van der Waals surface area contributed by atoms with Crippen LogP contribution < -0.4 is 5.32 Å². The summed E-state index contributed by atoms with van der Waals surface area (Å²) in [5.41, 5.74) is 1.31. The van der Waals surface area contributed by atoms with E-state index in [4.69, 9.17) is 4.74 Å². The first kappa shape index (κ1) is 14.0. The molecule has 1 N–H and O–H groups in total. The molecule has 0 spiro atoms. The van der Waals surface area contributed by atoms with Crippen LogP contribution in [0.2, 0.25) is 0 Å². The number of hydrogen-bond donors (Lipinski definition) is 1. The molecule has 0 aliphatic carbocycles. The quantitative estimate of drug-likeness (QED) is 0.678. The highest BCUT2D eigenvalue weighted by Gasteiger charge is 2.14. The Bertz CT molecular complexity index is 620. The molecule has 0 saturated heterocycles. The minimum absolute atomic E-state index is 0.131. The van der Waals surface area contributed by atoms with Crippen molar-refractivity contribution in [2.45, 2.75) is 0 Å². The molecule has 2 aromatic rings. The molecule has 102 valence electrons. The number of thiophene rings is 1. The second kappa shape index (κ2) is 6.68. The summed E-state index contributed by atoms with van der Waals surface area (Å²) in [5, 5.41) is 6.27. The molecule has 1 heterocycles. The third kappa shape index (κ3) is 3.33. The van der Waals surface area contributed by atoms with Gasteiger partial charge in [0.1, 0.15) is 6.61 Å². The van der Waals surface area contributed by atoms with Crippen molar-refractivity contribution in [2.24, 2.45) is 0 Å². The molecule has 0 atom stereocenters. The van der Waals surface area contributed by atoms with E-state index in [-0.39, 0.29) is 12.5 Å². The van der Waals surface area contributed by atoms with E-state index >= 15 is 0 Å². The van der Waals surface area contributed by atoms with E-state index in [0.29, 0.717) is 16.8 Å². The van der Waals surface area contributed by atoms with Crippen molar-refractivity contribution in [3.05, 3.63) is 64.9 Å². The summed E-state index contributed by atoms with van der Waals surface area (Å²) in [5.74, 6) is -0.749. The van der Waals surface area contributed by atoms with Gasteiger partial charge in [0.05, 0.1) is 16.8 Å². The summed E-state index contributed by atoms with van der Waals surface area (Å²) in [6, 6.07) is 8.44. The van der Waals surface area contributed by atoms with Crippen molar-refractivity contribution in [3.63, 3.8) is 0 Å². The van der Waals surface area contributed by atoms with Crippen molar-refractivity contribution in [1.29, 1.82) is 0 Å². The van der Waals surface area contributed by atoms with Crippen LogP contribution in [0.4, 0.5) is 5.69 Å². The molecule has 0 unspecified atom stereocenters. The van der Waals surface area contributed by atoms with Gasteiger partial charge in [-0.25, -0.2) is 4.79 Å². The molecule has 5 heteroatoms. The Hall–Kier alpha value is -2.40. The second-order valence-electron chi connectivity index (χ2n) is 3.90. The lowest BCUT2D eigenvalue weighted by molar-refractivity contribution is 0.0551. The van der Waals surface area contributed by atoms with Gasteiger partial charge in [0.15, 0.2) is 0 Å². The first-order chi connectivity index (χ1) is 9.72. The fourth-order valence-electron chi connectivity index (χ4n) is 1.57. The van der Waals surface area contributed by atoms with Crippen molar-refractivity contribution >= 4 is 28.9 Å². The third-order valence-corrected chi connectivity index (χ3v) is 3.19. The van der Waals surface area contributed by atoms with Crippen LogP contribution in [0.1, 0.15) is 20.7 Å². The number of esters is 1. The number of benzene rings is 1. The summed E-state index contributed by atoms with van der Waals surface area (Å²) < 4.78 is 4.98. The monoisotopic (exact) mass is 287 g/mol. The number of amides is 1. The van der Waals surface area contributed by atoms with Crippen molar-refractivity contribution in [3.8, 4) is 0 Å². The number of nitrogens with one attached hydrogen (secondary N) is 1. The summed E-state index contributed by atoms with van der Waals surface area (Å²) in [6.45, 7) is 3.62. The maximum absolute atomic E-state index is 12.0. The molecule has 1 aromatic heterocycles. The lowest BCUT2D eigenvalue weighted by Gasteiger charge is -2.09. The molecule has 0 aliphatic rings. The Labute approximate surface area is 120 Å². The van der Waals surface area contributed by atoms with Gasteiger partial charge in [-0.1, -0.05) is 24.8 Å². The molecule has 1 aromatic carbocycles. The fourth-order valence-corrected chi connectivity index (χ4v) is 2.21. The first-order valence-corrected chi connectivity index (χ1v) is 6.87. The molecule has 0 fully saturated rings. The number of anilines is 1. The molecule has 0 radical (unpaired) electrons. The maximum atomic E-state index is 12.0. The van der Waals surface area contributed by atoms with E-state index in [1.165, 1.54) is 17.4 Å². The highest BCUT2D eigenvalue weighted by Crippen LogP contribution is 2.18. The van der Waals surface area contributed by atoms with Crippen LogP contribution in [0.3, 0.4) is 0 Å². The zero-order chi connectivity index (χ0) is 14.4. The largest absolute Gasteiger partial charge is 0.458 e. The second-order valence-corrected chi connectivity index (χ2v) is 4.68. The van der Waals surface area contributed by atoms with Gasteiger partial charge in [0.2, 0.25) is 0 Å². The van der Waals surface area contributed by atoms with E-state index in [2.05, 4.69) is 11.9 Å². The molecular formula is C15H13NO3S. The normalized spacial score (nSPS) is 9.80. The SMILES string of the molecule is C=CCOC(=O)c1ccccc1NC(=O)c1ccsc1. The van der Waals surface area contributed by atoms with Gasteiger partial charge < -0.3 is 10.1 Å². The Morgan fingerprint density at radius 3 is 2.80 bits per heavy atom. The number of para-hydroxylation sites is 1. The van der Waals surface area contributed by atoms with Crippen LogP contribution >= 0.6 is 11.3 Å². The summed E-state index contributed by atoms with van der Waals surface area (Å²) in [6.07, 6.45) is 1.49. The van der Waals surface area contributed by atoms with Crippen LogP contribution in [-0.2, 0) is 4.74 Å². The molecule has 0 bridgehead atoms. The summed E-state index contributed by atoms with van der Waals surface area (Å²) in [7, 11) is 0. The predicted molar refractivity (Wildman–Crippen MR) is 79.2 cm³/mol. The number of carbonyl (C=O) groups is 2. The van der Waals surface area contributed by atoms with Gasteiger partial charge in [-0.15, -0.1) is 0 Å². The van der Waals surface area contributed by atoms with Gasteiger partial charge in [-0.2, -0.15) is 11.3 Å². The topological polar surface area (TPSA) is 55.4 Å². The molecule has 0 saturated carbocycles. The van der Waals surface area contributed by atoms with E-state index in [9.17, 15) is 9.59 Å². The average Bonchev–Trinajstić information content (AvgIpc) is 2.99. The predicted octanol–water partition coefficient (Wildman–Crippen LogP) is 3.34. The van der Waals surface area contributed by atoms with Crippen molar-refractivity contribution in [2.75, 3.05) is 11.9 Å². The van der Waals surface area contributed by atoms with E-state index in [0.717, 1.165) is 0 Å². The number of carbonyl (C=O) groups excluding carboxylic acids is 2. The fraction of sp³-hybridized carbons (Fsp3) is 0.0667. The average molecular weight is 287 g/mol. The maximum Gasteiger partial charge on any atom is 0.340 e. The highest BCUT2D eigenvalue weighted by molar-refractivity contribution is 7.08. The van der Waals surface area contributed by atoms with Crippen molar-refractivity contribution in [1.82, 2.24) is 0 Å². The van der Waals surface area contributed by atoms with Gasteiger partial charge in [-0.05, 0) is 23.6 Å². The zero-order valence-electron chi connectivity index (χ0n) is 10.7. The standard InChI is InChI=1S/C15H13NO3S/c1-2-8-19-15(18)12-5-3-4-6-13(12)16-14(17)11-7-9-20-10-11/h2-7,9-10H,1,8H2,(H,16,17). The Morgan fingerprint density at radius 1 is 1.30 bits per heavy atom. The van der Waals surface area contributed by atoms with Gasteiger partial charge in [-0.3, -0.25) is 4.79 Å². The van der Waals surface area contributed by atoms with E-state index < -0.39 is 5.97 Å². The summed E-state index contributed by atoms with van der Waals surface area (Å²) in [4.78, 5) is 23.9. The van der Waals surface area contributed by atoms with Gasteiger partial charge in [0, 0.05) is 5.38 Å². The van der Waals surface area contributed by atoms with Crippen LogP contribution in [0.15, 0.2) is 53.7 Å². The first-order valence-electron chi connectivity index (χ1n) is 5.93. The molecule has 0 aliphatic heterocycles. The third-order valence-electron chi connectivity index (χ3n) is 2.51. The summed E-state index contributed by atoms with van der Waals surface area (Å²) >= 11 is 1.44. The molecular weight excluding hydrogens is 274 g/mol. The molecule has 1 amide bonds. The number of rotatable bonds is 5. The Kier molecular flexibility index (Phi) is 4.68. The number of hydrogen-bond acceptors (Lipinski definition) is 4. The van der Waals surface area contributed by atoms with Crippen LogP contribution in [-0.4, -0.2) is 18.5 Å². The molecule has 4 nitrogen and oxygen atoms in total. The van der Waals surface area contributed by atoms with E-state index in [1.807, 2.05) is 5.38 Å². The van der Waals surface area contributed by atoms with Crippen molar-refractivity contribution < 1.29 is 14.3 Å². The van der Waals surface area contributed by atoms with Gasteiger partial charge >= 0.3 is 5.97 Å². The van der Waals surface area contributed by atoms with Crippen LogP contribution in [0, 0.1) is 0 Å². The lowest BCUT2D eigenvalue weighted by atomic mass is 10.1. The molecule has 2 rings (SSSR count). The Morgan fingerprint density at radius 2 is 2.10 bits per heavy atom. The zero-order valence-corrected chi connectivity index (χ0v) is 11.5. The lowest BCUT2D eigenvalue weighted by Crippen LogP contribution is -2.15. The van der Waals surface area contributed by atoms with E-state index in [1.54, 1.807) is 35.7 Å². The minimum Gasteiger partial charge on any atom is -0.458 e. The highest BCUT2D eigenvalue weighted by atomic mass is 32.1. The van der Waals surface area contributed by atoms with Crippen LogP contribution in [0.25, 0.3) is 0 Å². The number of ether oxygens (including phenoxy) is 1.